The zero-order valence-corrected chi connectivity index (χ0v) is 11.8. The quantitative estimate of drug-likeness (QED) is 0.464. The van der Waals surface area contributed by atoms with Crippen LogP contribution in [-0.4, -0.2) is 22.9 Å². The summed E-state index contributed by atoms with van der Waals surface area (Å²) in [6, 6.07) is 2.32. The summed E-state index contributed by atoms with van der Waals surface area (Å²) in [5.41, 5.74) is 0.158. The lowest BCUT2D eigenvalue weighted by atomic mass is 10.1. The van der Waals surface area contributed by atoms with Crippen molar-refractivity contribution in [3.05, 3.63) is 33.7 Å². The summed E-state index contributed by atoms with van der Waals surface area (Å²) in [7, 11) is 0. The van der Waals surface area contributed by atoms with Gasteiger partial charge in [-0.15, -0.1) is 6.42 Å². The van der Waals surface area contributed by atoms with Gasteiger partial charge in [-0.05, 0) is 32.4 Å². The average molecular weight is 275 g/mol. The van der Waals surface area contributed by atoms with E-state index in [0.717, 1.165) is 0 Å². The van der Waals surface area contributed by atoms with Crippen LogP contribution in [0.5, 0.6) is 0 Å². The van der Waals surface area contributed by atoms with Crippen LogP contribution in [0.15, 0.2) is 16.9 Å². The highest BCUT2D eigenvalue weighted by Crippen LogP contribution is 2.14. The van der Waals surface area contributed by atoms with Crippen LogP contribution < -0.4 is 5.56 Å². The van der Waals surface area contributed by atoms with E-state index in [9.17, 15) is 14.4 Å². The van der Waals surface area contributed by atoms with Gasteiger partial charge in [-0.25, -0.2) is 4.79 Å². The van der Waals surface area contributed by atoms with Gasteiger partial charge in [0.2, 0.25) is 0 Å². The molecule has 1 unspecified atom stereocenters. The molecule has 1 atom stereocenters. The van der Waals surface area contributed by atoms with Crippen LogP contribution in [0.2, 0.25) is 0 Å². The maximum absolute atomic E-state index is 12.3. The zero-order valence-electron chi connectivity index (χ0n) is 11.8. The summed E-state index contributed by atoms with van der Waals surface area (Å²) in [6.07, 6.45) is 5.41. The van der Waals surface area contributed by atoms with E-state index >= 15 is 0 Å². The van der Waals surface area contributed by atoms with Crippen molar-refractivity contribution in [2.24, 2.45) is 0 Å². The number of Topliss-reactive ketones (excluding diaryl/α,β-unsaturated/α-hetero) is 1. The molecule has 0 fully saturated rings. The third-order valence-corrected chi connectivity index (χ3v) is 2.97. The molecule has 20 heavy (non-hydrogen) atoms. The highest BCUT2D eigenvalue weighted by Gasteiger charge is 2.24. The Morgan fingerprint density at radius 1 is 1.45 bits per heavy atom. The fourth-order valence-corrected chi connectivity index (χ4v) is 1.96. The van der Waals surface area contributed by atoms with Crippen molar-refractivity contribution in [1.29, 1.82) is 0 Å². The molecule has 0 saturated carbocycles. The predicted molar refractivity (Wildman–Crippen MR) is 74.6 cm³/mol. The fourth-order valence-electron chi connectivity index (χ4n) is 1.96. The van der Waals surface area contributed by atoms with Crippen molar-refractivity contribution in [2.75, 3.05) is 6.61 Å². The second-order valence-electron chi connectivity index (χ2n) is 4.36. The number of hydrogen-bond acceptors (Lipinski definition) is 4. The molecule has 1 aromatic heterocycles. The van der Waals surface area contributed by atoms with Crippen molar-refractivity contribution in [2.45, 2.75) is 33.2 Å². The van der Waals surface area contributed by atoms with Gasteiger partial charge in [0.25, 0.3) is 5.56 Å². The molecule has 0 amide bonds. The van der Waals surface area contributed by atoms with Gasteiger partial charge in [0.15, 0.2) is 12.4 Å². The van der Waals surface area contributed by atoms with E-state index in [1.165, 1.54) is 17.6 Å². The number of terminal acetylenes is 1. The SMILES string of the molecule is C#CCOC(=O)C(CC)n1c(C)ccc(C(C)=O)c1=O. The molecule has 0 spiro atoms. The van der Waals surface area contributed by atoms with Gasteiger partial charge >= 0.3 is 5.97 Å². The molecule has 0 N–H and O–H groups in total. The number of nitrogens with zero attached hydrogens (tertiary/aromatic N) is 1. The van der Waals surface area contributed by atoms with Crippen LogP contribution in [0, 0.1) is 19.3 Å². The normalized spacial score (nSPS) is 11.5. The molecule has 0 aliphatic heterocycles. The molecular formula is C15H17NO4. The van der Waals surface area contributed by atoms with E-state index in [1.807, 2.05) is 0 Å². The van der Waals surface area contributed by atoms with E-state index in [2.05, 4.69) is 5.92 Å². The van der Waals surface area contributed by atoms with Gasteiger partial charge < -0.3 is 4.74 Å². The van der Waals surface area contributed by atoms with E-state index in [0.29, 0.717) is 12.1 Å². The topological polar surface area (TPSA) is 65.4 Å². The van der Waals surface area contributed by atoms with Crippen molar-refractivity contribution in [1.82, 2.24) is 4.57 Å². The average Bonchev–Trinajstić information content (AvgIpc) is 2.40. The van der Waals surface area contributed by atoms with Crippen molar-refractivity contribution in [3.8, 4) is 12.3 Å². The molecule has 1 rings (SSSR count). The first-order valence-corrected chi connectivity index (χ1v) is 6.27. The summed E-state index contributed by atoms with van der Waals surface area (Å²) >= 11 is 0. The first kappa shape index (κ1) is 15.7. The van der Waals surface area contributed by atoms with Gasteiger partial charge in [-0.1, -0.05) is 12.8 Å². The van der Waals surface area contributed by atoms with Gasteiger partial charge in [-0.2, -0.15) is 0 Å². The number of hydrogen-bond donors (Lipinski definition) is 0. The number of ketones is 1. The van der Waals surface area contributed by atoms with Crippen LogP contribution in [-0.2, 0) is 9.53 Å². The fraction of sp³-hybridized carbons (Fsp3) is 0.400. The number of esters is 1. The number of ether oxygens (including phenoxy) is 1. The number of carbonyl (C=O) groups is 2. The van der Waals surface area contributed by atoms with Crippen LogP contribution in [0.25, 0.3) is 0 Å². The third-order valence-electron chi connectivity index (χ3n) is 2.97. The van der Waals surface area contributed by atoms with Gasteiger partial charge in [-0.3, -0.25) is 14.2 Å². The van der Waals surface area contributed by atoms with Crippen LogP contribution in [0.3, 0.4) is 0 Å². The van der Waals surface area contributed by atoms with E-state index in [4.69, 9.17) is 11.2 Å². The molecule has 0 aliphatic carbocycles. The highest BCUT2D eigenvalue weighted by atomic mass is 16.5. The Morgan fingerprint density at radius 2 is 2.10 bits per heavy atom. The molecule has 1 aromatic rings. The summed E-state index contributed by atoms with van der Waals surface area (Å²) in [4.78, 5) is 35.7. The number of aromatic nitrogens is 1. The number of rotatable bonds is 5. The molecule has 5 nitrogen and oxygen atoms in total. The molecule has 0 radical (unpaired) electrons. The van der Waals surface area contributed by atoms with Gasteiger partial charge in [0.05, 0.1) is 5.56 Å². The summed E-state index contributed by atoms with van der Waals surface area (Å²) in [5.74, 6) is 1.29. The van der Waals surface area contributed by atoms with E-state index < -0.39 is 17.6 Å². The third kappa shape index (κ3) is 3.15. The van der Waals surface area contributed by atoms with Gasteiger partial charge in [0, 0.05) is 5.69 Å². The lowest BCUT2D eigenvalue weighted by Gasteiger charge is -2.19. The Morgan fingerprint density at radius 3 is 2.60 bits per heavy atom. The minimum Gasteiger partial charge on any atom is -0.451 e. The monoisotopic (exact) mass is 275 g/mol. The van der Waals surface area contributed by atoms with Crippen LogP contribution in [0.1, 0.15) is 42.4 Å². The summed E-state index contributed by atoms with van der Waals surface area (Å²) in [6.45, 7) is 4.63. The largest absolute Gasteiger partial charge is 0.451 e. The summed E-state index contributed by atoms with van der Waals surface area (Å²) in [5, 5.41) is 0. The Kier molecular flexibility index (Phi) is 5.27. The number of pyridine rings is 1. The van der Waals surface area contributed by atoms with E-state index in [-0.39, 0.29) is 18.0 Å². The smallest absolute Gasteiger partial charge is 0.330 e. The Bertz CT molecular complexity index is 622. The minimum absolute atomic E-state index is 0.0544. The maximum Gasteiger partial charge on any atom is 0.330 e. The molecule has 106 valence electrons. The van der Waals surface area contributed by atoms with Crippen LogP contribution in [0.4, 0.5) is 0 Å². The van der Waals surface area contributed by atoms with Crippen LogP contribution >= 0.6 is 0 Å². The maximum atomic E-state index is 12.3. The zero-order chi connectivity index (χ0) is 15.3. The summed E-state index contributed by atoms with van der Waals surface area (Å²) < 4.78 is 6.18. The Labute approximate surface area is 117 Å². The lowest BCUT2D eigenvalue weighted by molar-refractivity contribution is -0.146. The molecule has 5 heteroatoms. The standard InChI is InChI=1S/C15H17NO4/c1-5-9-20-15(19)13(6-2)16-10(3)7-8-12(11(4)17)14(16)18/h1,7-8,13H,6,9H2,2-4H3. The predicted octanol–water partition coefficient (Wildman–Crippen LogP) is 1.49. The Hall–Kier alpha value is -2.35. The lowest BCUT2D eigenvalue weighted by Crippen LogP contribution is -2.34. The van der Waals surface area contributed by atoms with Crippen molar-refractivity contribution >= 4 is 11.8 Å². The van der Waals surface area contributed by atoms with Crippen molar-refractivity contribution in [3.63, 3.8) is 0 Å². The minimum atomic E-state index is -0.782. The molecule has 1 heterocycles. The second-order valence-corrected chi connectivity index (χ2v) is 4.36. The van der Waals surface area contributed by atoms with Gasteiger partial charge in [0.1, 0.15) is 6.04 Å². The van der Waals surface area contributed by atoms with Crippen molar-refractivity contribution < 1.29 is 14.3 Å². The molecular weight excluding hydrogens is 258 g/mol. The second kappa shape index (κ2) is 6.71. The molecule has 0 saturated heterocycles. The number of carbonyl (C=O) groups excluding carboxylic acids is 2. The molecule has 0 bridgehead atoms. The first-order chi connectivity index (χ1) is 9.43. The highest BCUT2D eigenvalue weighted by molar-refractivity contribution is 5.93. The van der Waals surface area contributed by atoms with E-state index in [1.54, 1.807) is 19.9 Å². The number of aryl methyl sites for hydroxylation is 1. The first-order valence-electron chi connectivity index (χ1n) is 6.27. The molecule has 0 aromatic carbocycles. The molecule has 0 aliphatic rings. The Balaban J connectivity index is 3.32.